The van der Waals surface area contributed by atoms with Crippen LogP contribution in [-0.4, -0.2) is 42.2 Å². The minimum Gasteiger partial charge on any atom is -0.378 e. The van der Waals surface area contributed by atoms with Crippen LogP contribution in [-0.2, 0) is 4.74 Å². The van der Waals surface area contributed by atoms with E-state index >= 15 is 0 Å². The number of benzene rings is 1. The zero-order chi connectivity index (χ0) is 19.5. The Morgan fingerprint density at radius 3 is 2.82 bits per heavy atom. The van der Waals surface area contributed by atoms with Crippen LogP contribution < -0.4 is 10.2 Å². The van der Waals surface area contributed by atoms with E-state index in [4.69, 9.17) is 16.3 Å². The van der Waals surface area contributed by atoms with Crippen LogP contribution in [0.2, 0.25) is 5.02 Å². The first-order valence-electron chi connectivity index (χ1n) is 8.92. The Labute approximate surface area is 172 Å². The Bertz CT molecular complexity index is 984. The van der Waals surface area contributed by atoms with E-state index in [9.17, 15) is 4.79 Å². The van der Waals surface area contributed by atoms with Gasteiger partial charge in [-0.25, -0.2) is 9.97 Å². The van der Waals surface area contributed by atoms with Crippen molar-refractivity contribution in [3.05, 3.63) is 58.2 Å². The first-order valence-corrected chi connectivity index (χ1v) is 10.2. The van der Waals surface area contributed by atoms with E-state index in [1.54, 1.807) is 23.7 Å². The number of carbonyl (C=O) groups is 1. The number of aromatic nitrogens is 2. The highest BCUT2D eigenvalue weighted by atomic mass is 35.5. The van der Waals surface area contributed by atoms with Gasteiger partial charge in [-0.3, -0.25) is 4.79 Å². The maximum atomic E-state index is 12.5. The number of anilines is 2. The molecule has 3 heterocycles. The largest absolute Gasteiger partial charge is 0.378 e. The van der Waals surface area contributed by atoms with E-state index in [2.05, 4.69) is 20.2 Å². The quantitative estimate of drug-likeness (QED) is 0.691. The Kier molecular flexibility index (Phi) is 5.57. The minimum absolute atomic E-state index is 0.259. The number of rotatable bonds is 4. The Morgan fingerprint density at radius 1 is 1.25 bits per heavy atom. The SMILES string of the molecule is Cc1ccc(Cl)cc1NC(=O)c1csc(-c2ccc(N3CCOCC3)nc2)n1. The molecule has 0 spiro atoms. The number of ether oxygens (including phenoxy) is 1. The van der Waals surface area contributed by atoms with Crippen LogP contribution in [0.4, 0.5) is 11.5 Å². The summed E-state index contributed by atoms with van der Waals surface area (Å²) in [6.07, 6.45) is 1.80. The van der Waals surface area contributed by atoms with Gasteiger partial charge in [-0.15, -0.1) is 11.3 Å². The molecule has 8 heteroatoms. The van der Waals surface area contributed by atoms with Gasteiger partial charge in [0, 0.05) is 40.9 Å². The standard InChI is InChI=1S/C20H19ClN4O2S/c1-13-2-4-15(21)10-16(13)23-19(26)17-12-28-20(24-17)14-3-5-18(22-11-14)25-6-8-27-9-7-25/h2-5,10-12H,6-9H2,1H3,(H,23,26). The molecule has 0 saturated carbocycles. The molecular weight excluding hydrogens is 396 g/mol. The molecule has 28 heavy (non-hydrogen) atoms. The lowest BCUT2D eigenvalue weighted by molar-refractivity contribution is 0.102. The molecule has 1 aliphatic heterocycles. The monoisotopic (exact) mass is 414 g/mol. The zero-order valence-corrected chi connectivity index (χ0v) is 16.9. The number of halogens is 1. The van der Waals surface area contributed by atoms with Crippen molar-refractivity contribution in [3.63, 3.8) is 0 Å². The van der Waals surface area contributed by atoms with Gasteiger partial charge in [0.05, 0.1) is 13.2 Å². The molecule has 3 aromatic rings. The van der Waals surface area contributed by atoms with Crippen LogP contribution >= 0.6 is 22.9 Å². The Morgan fingerprint density at radius 2 is 2.07 bits per heavy atom. The molecular formula is C20H19ClN4O2S. The Hall–Kier alpha value is -2.48. The average Bonchev–Trinajstić information content (AvgIpc) is 3.22. The van der Waals surface area contributed by atoms with Gasteiger partial charge >= 0.3 is 0 Å². The predicted octanol–water partition coefficient (Wildman–Crippen LogP) is 4.26. The molecule has 1 fully saturated rings. The van der Waals surface area contributed by atoms with E-state index in [-0.39, 0.29) is 5.91 Å². The number of nitrogens with zero attached hydrogens (tertiary/aromatic N) is 3. The van der Waals surface area contributed by atoms with Crippen molar-refractivity contribution in [2.24, 2.45) is 0 Å². The third-order valence-corrected chi connectivity index (χ3v) is 5.64. The van der Waals surface area contributed by atoms with Gasteiger partial charge in [0.15, 0.2) is 0 Å². The van der Waals surface area contributed by atoms with Crippen molar-refractivity contribution in [1.82, 2.24) is 9.97 Å². The Balaban J connectivity index is 1.47. The lowest BCUT2D eigenvalue weighted by atomic mass is 10.2. The summed E-state index contributed by atoms with van der Waals surface area (Å²) in [6, 6.07) is 9.36. The summed E-state index contributed by atoms with van der Waals surface area (Å²) in [5.74, 6) is 0.670. The lowest BCUT2D eigenvalue weighted by Gasteiger charge is -2.27. The minimum atomic E-state index is -0.259. The summed E-state index contributed by atoms with van der Waals surface area (Å²) in [6.45, 7) is 5.05. The second-order valence-corrected chi connectivity index (χ2v) is 7.75. The van der Waals surface area contributed by atoms with Crippen LogP contribution in [0.3, 0.4) is 0 Å². The van der Waals surface area contributed by atoms with E-state index in [1.165, 1.54) is 11.3 Å². The molecule has 4 rings (SSSR count). The van der Waals surface area contributed by atoms with Crippen molar-refractivity contribution >= 4 is 40.4 Å². The van der Waals surface area contributed by atoms with Crippen molar-refractivity contribution in [2.45, 2.75) is 6.92 Å². The van der Waals surface area contributed by atoms with Crippen molar-refractivity contribution in [3.8, 4) is 10.6 Å². The van der Waals surface area contributed by atoms with Crippen LogP contribution in [0.15, 0.2) is 41.9 Å². The molecule has 0 unspecified atom stereocenters. The maximum absolute atomic E-state index is 12.5. The lowest BCUT2D eigenvalue weighted by Crippen LogP contribution is -2.36. The summed E-state index contributed by atoms with van der Waals surface area (Å²) in [4.78, 5) is 23.7. The highest BCUT2D eigenvalue weighted by Crippen LogP contribution is 2.26. The summed E-state index contributed by atoms with van der Waals surface area (Å²) < 4.78 is 5.37. The molecule has 1 aromatic carbocycles. The smallest absolute Gasteiger partial charge is 0.275 e. The highest BCUT2D eigenvalue weighted by molar-refractivity contribution is 7.13. The molecule has 1 aliphatic rings. The van der Waals surface area contributed by atoms with E-state index < -0.39 is 0 Å². The van der Waals surface area contributed by atoms with Gasteiger partial charge in [0.2, 0.25) is 0 Å². The van der Waals surface area contributed by atoms with Gasteiger partial charge in [0.25, 0.3) is 5.91 Å². The second kappa shape index (κ2) is 8.26. The first-order chi connectivity index (χ1) is 13.6. The number of morpholine rings is 1. The molecule has 1 N–H and O–H groups in total. The third-order valence-electron chi connectivity index (χ3n) is 4.51. The molecule has 0 aliphatic carbocycles. The molecule has 0 bridgehead atoms. The fourth-order valence-electron chi connectivity index (χ4n) is 2.92. The van der Waals surface area contributed by atoms with Crippen LogP contribution in [0.5, 0.6) is 0 Å². The number of pyridine rings is 1. The van der Waals surface area contributed by atoms with E-state index in [0.29, 0.717) is 16.4 Å². The summed E-state index contributed by atoms with van der Waals surface area (Å²) in [5.41, 5.74) is 2.89. The fraction of sp³-hybridized carbons (Fsp3) is 0.250. The van der Waals surface area contributed by atoms with Gasteiger partial charge in [-0.2, -0.15) is 0 Å². The highest BCUT2D eigenvalue weighted by Gasteiger charge is 2.15. The normalized spacial score (nSPS) is 14.1. The van der Waals surface area contributed by atoms with Crippen molar-refractivity contribution in [1.29, 1.82) is 0 Å². The molecule has 0 atom stereocenters. The van der Waals surface area contributed by atoms with Crippen LogP contribution in [0.25, 0.3) is 10.6 Å². The number of amides is 1. The number of nitrogens with one attached hydrogen (secondary N) is 1. The van der Waals surface area contributed by atoms with Gasteiger partial charge in [0.1, 0.15) is 16.5 Å². The van der Waals surface area contributed by atoms with Crippen LogP contribution in [0, 0.1) is 6.92 Å². The number of carbonyl (C=O) groups excluding carboxylic acids is 1. The first kappa shape index (κ1) is 18.9. The van der Waals surface area contributed by atoms with Crippen molar-refractivity contribution < 1.29 is 9.53 Å². The van der Waals surface area contributed by atoms with E-state index in [1.807, 2.05) is 25.1 Å². The molecule has 144 valence electrons. The molecule has 6 nitrogen and oxygen atoms in total. The number of hydrogen-bond acceptors (Lipinski definition) is 6. The van der Waals surface area contributed by atoms with Gasteiger partial charge in [-0.05, 0) is 36.8 Å². The molecule has 1 amide bonds. The molecule has 2 aromatic heterocycles. The number of thiazole rings is 1. The fourth-order valence-corrected chi connectivity index (χ4v) is 3.88. The van der Waals surface area contributed by atoms with E-state index in [0.717, 1.165) is 48.3 Å². The topological polar surface area (TPSA) is 67.4 Å². The zero-order valence-electron chi connectivity index (χ0n) is 15.3. The van der Waals surface area contributed by atoms with Gasteiger partial charge in [-0.1, -0.05) is 17.7 Å². The molecule has 0 radical (unpaired) electrons. The number of aryl methyl sites for hydroxylation is 1. The summed E-state index contributed by atoms with van der Waals surface area (Å²) in [5, 5.41) is 5.95. The van der Waals surface area contributed by atoms with Gasteiger partial charge < -0.3 is 15.0 Å². The third kappa shape index (κ3) is 4.16. The molecule has 1 saturated heterocycles. The number of hydrogen-bond donors (Lipinski definition) is 1. The van der Waals surface area contributed by atoms with Crippen molar-refractivity contribution in [2.75, 3.05) is 36.5 Å². The second-order valence-electron chi connectivity index (χ2n) is 6.46. The predicted molar refractivity (Wildman–Crippen MR) is 113 cm³/mol. The summed E-state index contributed by atoms with van der Waals surface area (Å²) in [7, 11) is 0. The summed E-state index contributed by atoms with van der Waals surface area (Å²) >= 11 is 7.44. The average molecular weight is 415 g/mol. The van der Waals surface area contributed by atoms with Crippen LogP contribution in [0.1, 0.15) is 16.1 Å². The maximum Gasteiger partial charge on any atom is 0.275 e.